The van der Waals surface area contributed by atoms with Crippen LogP contribution in [-0.4, -0.2) is 28.1 Å². The van der Waals surface area contributed by atoms with E-state index in [1.165, 1.54) is 29.1 Å². The number of para-hydroxylation sites is 1. The zero-order valence-electron chi connectivity index (χ0n) is 18.5. The number of aryl methyl sites for hydroxylation is 2. The van der Waals surface area contributed by atoms with Crippen molar-refractivity contribution in [1.29, 1.82) is 0 Å². The molecule has 0 saturated heterocycles. The van der Waals surface area contributed by atoms with E-state index in [0.29, 0.717) is 20.9 Å². The number of nitrogens with zero attached hydrogens (tertiary/aromatic N) is 2. The number of aromatic nitrogens is 2. The van der Waals surface area contributed by atoms with Gasteiger partial charge in [0.1, 0.15) is 11.4 Å². The summed E-state index contributed by atoms with van der Waals surface area (Å²) in [5, 5.41) is 3.51. The average molecular weight is 498 g/mol. The van der Waals surface area contributed by atoms with Crippen LogP contribution in [0, 0.1) is 13.8 Å². The zero-order chi connectivity index (χ0) is 24.6. The summed E-state index contributed by atoms with van der Waals surface area (Å²) in [4.78, 5) is 53.1. The topological polar surface area (TPSA) is 99.4 Å². The van der Waals surface area contributed by atoms with E-state index in [1.54, 1.807) is 42.5 Å². The van der Waals surface area contributed by atoms with Crippen molar-refractivity contribution in [3.05, 3.63) is 90.4 Å². The summed E-state index contributed by atoms with van der Waals surface area (Å²) in [7, 11) is 1.25. The first-order valence-corrected chi connectivity index (χ1v) is 11.4. The molecule has 0 fully saturated rings. The number of methoxy groups -OCH3 is 1. The van der Waals surface area contributed by atoms with Gasteiger partial charge in [-0.25, -0.2) is 14.2 Å². The number of rotatable bonds is 5. The van der Waals surface area contributed by atoms with Gasteiger partial charge in [0.05, 0.1) is 29.4 Å². The molecule has 2 heterocycles. The lowest BCUT2D eigenvalue weighted by Gasteiger charge is -2.14. The summed E-state index contributed by atoms with van der Waals surface area (Å²) in [6.45, 7) is 3.30. The van der Waals surface area contributed by atoms with Crippen molar-refractivity contribution in [2.75, 3.05) is 12.4 Å². The molecular formula is C24H20ClN3O5S. The van der Waals surface area contributed by atoms with Gasteiger partial charge in [-0.3, -0.25) is 14.2 Å². The van der Waals surface area contributed by atoms with Crippen molar-refractivity contribution >= 4 is 50.7 Å². The fraction of sp³-hybridized carbons (Fsp3) is 0.167. The smallest absolute Gasteiger partial charge is 0.339 e. The number of thiophene rings is 1. The Morgan fingerprint density at radius 3 is 2.41 bits per heavy atom. The summed E-state index contributed by atoms with van der Waals surface area (Å²) in [5.74, 6) is -1.14. The number of ether oxygens (including phenoxy) is 1. The summed E-state index contributed by atoms with van der Waals surface area (Å²) in [5.41, 5.74) is 0.417. The predicted octanol–water partition coefficient (Wildman–Crippen LogP) is 3.91. The Morgan fingerprint density at radius 2 is 1.74 bits per heavy atom. The number of anilines is 1. The largest absolute Gasteiger partial charge is 0.465 e. The molecule has 0 atom stereocenters. The lowest BCUT2D eigenvalue weighted by atomic mass is 10.2. The van der Waals surface area contributed by atoms with E-state index in [-0.39, 0.29) is 17.8 Å². The number of amides is 1. The summed E-state index contributed by atoms with van der Waals surface area (Å²) >= 11 is 7.24. The maximum atomic E-state index is 13.5. The molecule has 8 nitrogen and oxygen atoms in total. The van der Waals surface area contributed by atoms with Crippen molar-refractivity contribution in [1.82, 2.24) is 9.13 Å². The monoisotopic (exact) mass is 497 g/mol. The number of halogens is 1. The van der Waals surface area contributed by atoms with E-state index in [1.807, 2.05) is 13.8 Å². The Bertz CT molecular complexity index is 1550. The fourth-order valence-electron chi connectivity index (χ4n) is 3.63. The summed E-state index contributed by atoms with van der Waals surface area (Å²) in [6.07, 6.45) is 0. The molecular weight excluding hydrogens is 478 g/mol. The van der Waals surface area contributed by atoms with Crippen LogP contribution in [0.25, 0.3) is 15.9 Å². The molecule has 0 aliphatic heterocycles. The molecule has 0 bridgehead atoms. The molecule has 0 spiro atoms. The van der Waals surface area contributed by atoms with Gasteiger partial charge in [-0.1, -0.05) is 23.7 Å². The SMILES string of the molecule is COC(=O)c1ccccc1NC(=O)Cn1c(=O)n(-c2ccc(Cl)cc2)c(=O)c2c(C)c(C)sc21. The van der Waals surface area contributed by atoms with Crippen LogP contribution in [0.2, 0.25) is 5.02 Å². The minimum Gasteiger partial charge on any atom is -0.465 e. The molecule has 1 N–H and O–H groups in total. The highest BCUT2D eigenvalue weighted by Crippen LogP contribution is 2.27. The van der Waals surface area contributed by atoms with Crippen LogP contribution >= 0.6 is 22.9 Å². The normalized spacial score (nSPS) is 10.9. The summed E-state index contributed by atoms with van der Waals surface area (Å²) < 4.78 is 7.07. The number of fused-ring (bicyclic) bond motifs is 1. The van der Waals surface area contributed by atoms with E-state index >= 15 is 0 Å². The Morgan fingerprint density at radius 1 is 1.06 bits per heavy atom. The van der Waals surface area contributed by atoms with E-state index in [4.69, 9.17) is 16.3 Å². The van der Waals surface area contributed by atoms with Crippen molar-refractivity contribution in [2.24, 2.45) is 0 Å². The number of benzene rings is 2. The molecule has 0 radical (unpaired) electrons. The standard InChI is InChI=1S/C24H20ClN3O5S/c1-13-14(2)34-22-20(13)21(30)28(16-10-8-15(25)9-11-16)24(32)27(22)12-19(29)26-18-7-5-4-6-17(18)23(31)33-3/h4-11H,12H2,1-3H3,(H,26,29). The third-order valence-electron chi connectivity index (χ3n) is 5.44. The number of nitrogens with one attached hydrogen (secondary N) is 1. The van der Waals surface area contributed by atoms with Gasteiger partial charge in [0.15, 0.2) is 0 Å². The van der Waals surface area contributed by atoms with Crippen LogP contribution in [-0.2, 0) is 16.1 Å². The number of hydrogen-bond donors (Lipinski definition) is 1. The van der Waals surface area contributed by atoms with Gasteiger partial charge >= 0.3 is 11.7 Å². The lowest BCUT2D eigenvalue weighted by molar-refractivity contribution is -0.116. The molecule has 174 valence electrons. The highest BCUT2D eigenvalue weighted by Gasteiger charge is 2.22. The van der Waals surface area contributed by atoms with Crippen LogP contribution in [0.15, 0.2) is 58.1 Å². The molecule has 10 heteroatoms. The van der Waals surface area contributed by atoms with Gasteiger partial charge in [0.25, 0.3) is 5.56 Å². The van der Waals surface area contributed by atoms with Crippen LogP contribution in [0.5, 0.6) is 0 Å². The first kappa shape index (κ1) is 23.5. The summed E-state index contributed by atoms with van der Waals surface area (Å²) in [6, 6.07) is 12.7. The molecule has 0 unspecified atom stereocenters. The number of carbonyl (C=O) groups excluding carboxylic acids is 2. The van der Waals surface area contributed by atoms with Crippen molar-refractivity contribution in [3.63, 3.8) is 0 Å². The first-order chi connectivity index (χ1) is 16.2. The molecule has 0 aliphatic rings. The van der Waals surface area contributed by atoms with Crippen LogP contribution < -0.4 is 16.6 Å². The van der Waals surface area contributed by atoms with Crippen LogP contribution in [0.3, 0.4) is 0 Å². The van der Waals surface area contributed by atoms with Crippen molar-refractivity contribution < 1.29 is 14.3 Å². The van der Waals surface area contributed by atoms with Crippen LogP contribution in [0.4, 0.5) is 5.69 Å². The van der Waals surface area contributed by atoms with Crippen LogP contribution in [0.1, 0.15) is 20.8 Å². The van der Waals surface area contributed by atoms with Gasteiger partial charge in [0.2, 0.25) is 5.91 Å². The molecule has 4 aromatic rings. The Kier molecular flexibility index (Phi) is 6.41. The Hall–Kier alpha value is -3.69. The van der Waals surface area contributed by atoms with Gasteiger partial charge < -0.3 is 10.1 Å². The molecule has 0 saturated carbocycles. The van der Waals surface area contributed by atoms with E-state index < -0.39 is 23.1 Å². The van der Waals surface area contributed by atoms with Gasteiger partial charge in [0, 0.05) is 9.90 Å². The predicted molar refractivity (Wildman–Crippen MR) is 133 cm³/mol. The quantitative estimate of drug-likeness (QED) is 0.421. The molecule has 1 amide bonds. The van der Waals surface area contributed by atoms with Gasteiger partial charge in [-0.05, 0) is 55.8 Å². The number of esters is 1. The molecule has 4 rings (SSSR count). The first-order valence-electron chi connectivity index (χ1n) is 10.2. The molecule has 34 heavy (non-hydrogen) atoms. The van der Waals surface area contributed by atoms with E-state index in [2.05, 4.69) is 5.32 Å². The minimum absolute atomic E-state index is 0.185. The maximum absolute atomic E-state index is 13.5. The second kappa shape index (κ2) is 9.28. The van der Waals surface area contributed by atoms with E-state index in [0.717, 1.165) is 15.0 Å². The van der Waals surface area contributed by atoms with Crippen molar-refractivity contribution in [3.8, 4) is 5.69 Å². The van der Waals surface area contributed by atoms with Crippen molar-refractivity contribution in [2.45, 2.75) is 20.4 Å². The number of hydrogen-bond acceptors (Lipinski definition) is 6. The average Bonchev–Trinajstić information content (AvgIpc) is 3.12. The van der Waals surface area contributed by atoms with Gasteiger partial charge in [-0.2, -0.15) is 0 Å². The maximum Gasteiger partial charge on any atom is 0.339 e. The molecule has 0 aliphatic carbocycles. The fourth-order valence-corrected chi connectivity index (χ4v) is 4.89. The second-order valence-corrected chi connectivity index (χ2v) is 9.17. The van der Waals surface area contributed by atoms with E-state index in [9.17, 15) is 19.2 Å². The third kappa shape index (κ3) is 4.15. The molecule has 2 aromatic heterocycles. The van der Waals surface area contributed by atoms with Gasteiger partial charge in [-0.15, -0.1) is 11.3 Å². The Labute approximate surface area is 203 Å². The lowest BCUT2D eigenvalue weighted by Crippen LogP contribution is -2.40. The Balaban J connectivity index is 1.83. The number of carbonyl (C=O) groups is 2. The zero-order valence-corrected chi connectivity index (χ0v) is 20.1. The third-order valence-corrected chi connectivity index (χ3v) is 6.93. The highest BCUT2D eigenvalue weighted by molar-refractivity contribution is 7.18. The highest BCUT2D eigenvalue weighted by atomic mass is 35.5. The second-order valence-electron chi connectivity index (χ2n) is 7.53. The molecule has 2 aromatic carbocycles. The minimum atomic E-state index is -0.655.